The lowest BCUT2D eigenvalue weighted by Crippen LogP contribution is -2.49. The summed E-state index contributed by atoms with van der Waals surface area (Å²) < 4.78 is 5.11. The third kappa shape index (κ3) is 4.68. The number of hydrogen-bond donors (Lipinski definition) is 1. The molecule has 1 aromatic rings. The Labute approximate surface area is 162 Å². The van der Waals surface area contributed by atoms with Crippen LogP contribution in [0.5, 0.6) is 0 Å². The van der Waals surface area contributed by atoms with Crippen LogP contribution in [0.3, 0.4) is 0 Å². The van der Waals surface area contributed by atoms with Gasteiger partial charge < -0.3 is 10.1 Å². The first-order chi connectivity index (χ1) is 12.7. The van der Waals surface area contributed by atoms with E-state index in [0.717, 1.165) is 11.3 Å². The zero-order valence-corrected chi connectivity index (χ0v) is 16.7. The lowest BCUT2D eigenvalue weighted by Gasteiger charge is -2.26. The first-order valence-electron chi connectivity index (χ1n) is 8.65. The minimum Gasteiger partial charge on any atom is -0.454 e. The number of amides is 3. The SMILES string of the molecule is CCC(C)(C)NC(=O)COC(=O)[C@@H](CSC)N1C(=O)c2ccccc2C1=O. The highest BCUT2D eigenvalue weighted by Gasteiger charge is 2.43. The first-order valence-corrected chi connectivity index (χ1v) is 10.0. The molecule has 0 saturated carbocycles. The molecular weight excluding hydrogens is 368 g/mol. The Morgan fingerprint density at radius 1 is 1.19 bits per heavy atom. The first kappa shape index (κ1) is 21.0. The summed E-state index contributed by atoms with van der Waals surface area (Å²) in [7, 11) is 0. The number of fused-ring (bicyclic) bond motifs is 1. The van der Waals surface area contributed by atoms with E-state index in [1.807, 2.05) is 20.8 Å². The van der Waals surface area contributed by atoms with Gasteiger partial charge in [0, 0.05) is 11.3 Å². The molecule has 146 valence electrons. The average molecular weight is 392 g/mol. The number of nitrogens with one attached hydrogen (secondary N) is 1. The number of carbonyl (C=O) groups excluding carboxylic acids is 4. The number of ether oxygens (including phenoxy) is 1. The second-order valence-electron chi connectivity index (χ2n) is 6.89. The van der Waals surface area contributed by atoms with Crippen molar-refractivity contribution >= 4 is 35.5 Å². The summed E-state index contributed by atoms with van der Waals surface area (Å²) in [5, 5.41) is 2.76. The van der Waals surface area contributed by atoms with Crippen LogP contribution in [-0.2, 0) is 14.3 Å². The van der Waals surface area contributed by atoms with Crippen molar-refractivity contribution in [3.63, 3.8) is 0 Å². The van der Waals surface area contributed by atoms with Gasteiger partial charge in [0.1, 0.15) is 6.04 Å². The Hall–Kier alpha value is -2.35. The minimum absolute atomic E-state index is 0.187. The van der Waals surface area contributed by atoms with Crippen LogP contribution in [0.2, 0.25) is 0 Å². The van der Waals surface area contributed by atoms with Crippen LogP contribution in [0.25, 0.3) is 0 Å². The normalized spacial score (nSPS) is 14.7. The monoisotopic (exact) mass is 392 g/mol. The molecule has 1 aromatic carbocycles. The van der Waals surface area contributed by atoms with Crippen LogP contribution in [-0.4, -0.2) is 58.8 Å². The predicted molar refractivity (Wildman–Crippen MR) is 103 cm³/mol. The molecule has 3 amide bonds. The van der Waals surface area contributed by atoms with Gasteiger partial charge in [0.25, 0.3) is 17.7 Å². The number of benzene rings is 1. The fraction of sp³-hybridized carbons (Fsp3) is 0.474. The third-order valence-corrected chi connectivity index (χ3v) is 5.09. The highest BCUT2D eigenvalue weighted by atomic mass is 32.2. The summed E-state index contributed by atoms with van der Waals surface area (Å²) in [6.07, 6.45) is 2.48. The maximum atomic E-state index is 12.6. The van der Waals surface area contributed by atoms with Crippen molar-refractivity contribution in [1.82, 2.24) is 10.2 Å². The molecule has 2 rings (SSSR count). The minimum atomic E-state index is -1.08. The van der Waals surface area contributed by atoms with Crippen LogP contribution in [0.15, 0.2) is 24.3 Å². The highest BCUT2D eigenvalue weighted by Crippen LogP contribution is 2.26. The molecule has 0 radical (unpaired) electrons. The van der Waals surface area contributed by atoms with E-state index in [-0.39, 0.29) is 16.9 Å². The molecule has 0 unspecified atom stereocenters. The fourth-order valence-corrected chi connectivity index (χ4v) is 3.23. The number of carbonyl (C=O) groups is 4. The molecule has 0 fully saturated rings. The molecule has 8 heteroatoms. The van der Waals surface area contributed by atoms with Gasteiger partial charge >= 0.3 is 5.97 Å². The van der Waals surface area contributed by atoms with Crippen molar-refractivity contribution < 1.29 is 23.9 Å². The van der Waals surface area contributed by atoms with E-state index >= 15 is 0 Å². The summed E-state index contributed by atoms with van der Waals surface area (Å²) in [5.41, 5.74) is 0.123. The van der Waals surface area contributed by atoms with Gasteiger partial charge in [-0.15, -0.1) is 0 Å². The molecule has 0 aliphatic carbocycles. The molecule has 0 bridgehead atoms. The topological polar surface area (TPSA) is 92.8 Å². The van der Waals surface area contributed by atoms with Crippen molar-refractivity contribution in [2.45, 2.75) is 38.8 Å². The number of hydrogen-bond acceptors (Lipinski definition) is 6. The molecule has 0 spiro atoms. The van der Waals surface area contributed by atoms with Crippen molar-refractivity contribution in [3.05, 3.63) is 35.4 Å². The van der Waals surface area contributed by atoms with Crippen molar-refractivity contribution in [2.75, 3.05) is 18.6 Å². The molecule has 7 nitrogen and oxygen atoms in total. The van der Waals surface area contributed by atoms with E-state index in [1.54, 1.807) is 30.5 Å². The summed E-state index contributed by atoms with van der Waals surface area (Å²) in [6.45, 7) is 5.20. The maximum absolute atomic E-state index is 12.6. The number of rotatable bonds is 8. The molecule has 27 heavy (non-hydrogen) atoms. The van der Waals surface area contributed by atoms with Gasteiger partial charge in [0.15, 0.2) is 6.61 Å². The van der Waals surface area contributed by atoms with Crippen LogP contribution in [0.4, 0.5) is 0 Å². The number of nitrogens with zero attached hydrogens (tertiary/aromatic N) is 1. The Kier molecular flexibility index (Phi) is 6.64. The zero-order chi connectivity index (χ0) is 20.2. The van der Waals surface area contributed by atoms with Gasteiger partial charge in [-0.3, -0.25) is 19.3 Å². The summed E-state index contributed by atoms with van der Waals surface area (Å²) in [4.78, 5) is 50.7. The Morgan fingerprint density at radius 3 is 2.22 bits per heavy atom. The zero-order valence-electron chi connectivity index (χ0n) is 15.9. The van der Waals surface area contributed by atoms with Gasteiger partial charge in [0.05, 0.1) is 11.1 Å². The highest BCUT2D eigenvalue weighted by molar-refractivity contribution is 7.98. The Bertz CT molecular complexity index is 727. The molecule has 1 atom stereocenters. The number of esters is 1. The van der Waals surface area contributed by atoms with Crippen molar-refractivity contribution in [1.29, 1.82) is 0 Å². The van der Waals surface area contributed by atoms with Gasteiger partial charge in [-0.1, -0.05) is 19.1 Å². The van der Waals surface area contributed by atoms with E-state index in [1.165, 1.54) is 11.8 Å². The lowest BCUT2D eigenvalue weighted by molar-refractivity contribution is -0.152. The van der Waals surface area contributed by atoms with Gasteiger partial charge in [0.2, 0.25) is 0 Å². The number of thioether (sulfide) groups is 1. The molecule has 0 saturated heterocycles. The molecule has 1 N–H and O–H groups in total. The van der Waals surface area contributed by atoms with Crippen LogP contribution in [0, 0.1) is 0 Å². The molecule has 1 aliphatic rings. The van der Waals surface area contributed by atoms with Gasteiger partial charge in [-0.2, -0.15) is 11.8 Å². The molecule has 1 heterocycles. The van der Waals surface area contributed by atoms with E-state index < -0.39 is 41.9 Å². The summed E-state index contributed by atoms with van der Waals surface area (Å²) in [6, 6.07) is 5.35. The maximum Gasteiger partial charge on any atom is 0.330 e. The fourth-order valence-electron chi connectivity index (χ4n) is 2.63. The largest absolute Gasteiger partial charge is 0.454 e. The quantitative estimate of drug-likeness (QED) is 0.536. The molecule has 0 aromatic heterocycles. The Morgan fingerprint density at radius 2 is 1.74 bits per heavy atom. The second kappa shape index (κ2) is 8.56. The number of imide groups is 1. The lowest BCUT2D eigenvalue weighted by atomic mass is 10.0. The van der Waals surface area contributed by atoms with Crippen molar-refractivity contribution in [3.8, 4) is 0 Å². The molecule has 1 aliphatic heterocycles. The van der Waals surface area contributed by atoms with Gasteiger partial charge in [-0.05, 0) is 38.7 Å². The third-order valence-electron chi connectivity index (χ3n) is 4.44. The second-order valence-corrected chi connectivity index (χ2v) is 7.80. The van der Waals surface area contributed by atoms with E-state index in [4.69, 9.17) is 4.74 Å². The van der Waals surface area contributed by atoms with E-state index in [0.29, 0.717) is 0 Å². The Balaban J connectivity index is 2.09. The smallest absolute Gasteiger partial charge is 0.330 e. The standard InChI is InChI=1S/C19H24N2O5S/c1-5-19(2,3)20-15(22)10-26-18(25)14(11-27-4)21-16(23)12-8-6-7-9-13(12)17(21)24/h6-9,14H,5,10-11H2,1-4H3,(H,20,22)/t14-/m1/s1. The molecular formula is C19H24N2O5S. The summed E-state index contributed by atoms with van der Waals surface area (Å²) >= 11 is 1.31. The van der Waals surface area contributed by atoms with Gasteiger partial charge in [-0.25, -0.2) is 4.79 Å². The average Bonchev–Trinajstić information content (AvgIpc) is 2.89. The predicted octanol–water partition coefficient (Wildman–Crippen LogP) is 1.86. The van der Waals surface area contributed by atoms with Crippen LogP contribution >= 0.6 is 11.8 Å². The van der Waals surface area contributed by atoms with Crippen molar-refractivity contribution in [2.24, 2.45) is 0 Å². The van der Waals surface area contributed by atoms with E-state index in [9.17, 15) is 19.2 Å². The van der Waals surface area contributed by atoms with Crippen LogP contribution in [0.1, 0.15) is 47.9 Å². The van der Waals surface area contributed by atoms with E-state index in [2.05, 4.69) is 5.32 Å². The van der Waals surface area contributed by atoms with Crippen LogP contribution < -0.4 is 5.32 Å². The summed E-state index contributed by atoms with van der Waals surface area (Å²) in [5.74, 6) is -2.07.